The number of ether oxygens (including phenoxy) is 1. The van der Waals surface area contributed by atoms with E-state index in [1.807, 2.05) is 6.92 Å². The van der Waals surface area contributed by atoms with Crippen LogP contribution in [0.15, 0.2) is 24.3 Å². The van der Waals surface area contributed by atoms with E-state index < -0.39 is 23.4 Å². The van der Waals surface area contributed by atoms with E-state index >= 15 is 0 Å². The van der Waals surface area contributed by atoms with Crippen molar-refractivity contribution in [2.24, 2.45) is 11.8 Å². The minimum absolute atomic E-state index is 0.0261. The summed E-state index contributed by atoms with van der Waals surface area (Å²) in [7, 11) is 0. The van der Waals surface area contributed by atoms with Crippen LogP contribution < -0.4 is 5.32 Å². The van der Waals surface area contributed by atoms with E-state index in [4.69, 9.17) is 4.74 Å². The van der Waals surface area contributed by atoms with E-state index in [0.29, 0.717) is 25.1 Å². The zero-order valence-electron chi connectivity index (χ0n) is 18.2. The van der Waals surface area contributed by atoms with Gasteiger partial charge in [0.05, 0.1) is 5.56 Å². The summed E-state index contributed by atoms with van der Waals surface area (Å²) >= 11 is 0. The molecular formula is C22H31F3N2O3. The Kier molecular flexibility index (Phi) is 7.42. The number of benzene rings is 1. The summed E-state index contributed by atoms with van der Waals surface area (Å²) in [5, 5.41) is 2.83. The Morgan fingerprint density at radius 3 is 2.30 bits per heavy atom. The molecule has 0 aromatic heterocycles. The maximum atomic E-state index is 12.8. The summed E-state index contributed by atoms with van der Waals surface area (Å²) in [6, 6.07) is 4.80. The van der Waals surface area contributed by atoms with Crippen LogP contribution in [0.5, 0.6) is 0 Å². The largest absolute Gasteiger partial charge is 0.444 e. The normalized spacial score (nSPS) is 19.3. The van der Waals surface area contributed by atoms with Crippen molar-refractivity contribution in [1.82, 2.24) is 10.2 Å². The van der Waals surface area contributed by atoms with E-state index in [1.54, 1.807) is 32.6 Å². The van der Waals surface area contributed by atoms with Crippen LogP contribution in [-0.4, -0.2) is 41.6 Å². The predicted octanol–water partition coefficient (Wildman–Crippen LogP) is 4.65. The third kappa shape index (κ3) is 6.92. The van der Waals surface area contributed by atoms with Crippen LogP contribution in [0.3, 0.4) is 0 Å². The second-order valence-electron chi connectivity index (χ2n) is 9.07. The summed E-state index contributed by atoms with van der Waals surface area (Å²) in [5.74, 6) is -0.240. The van der Waals surface area contributed by atoms with Gasteiger partial charge in [0.25, 0.3) is 0 Å². The molecule has 1 fully saturated rings. The zero-order chi connectivity index (χ0) is 22.7. The van der Waals surface area contributed by atoms with Gasteiger partial charge in [-0.3, -0.25) is 4.79 Å². The zero-order valence-corrected chi connectivity index (χ0v) is 18.2. The molecule has 1 aliphatic rings. The lowest BCUT2D eigenvalue weighted by atomic mass is 9.98. The third-order valence-corrected chi connectivity index (χ3v) is 5.23. The highest BCUT2D eigenvalue weighted by Crippen LogP contribution is 2.29. The Balaban J connectivity index is 1.86. The standard InChI is InChI=1S/C22H31F3N2O3/c1-14(12-16-6-8-18(9-7-16)22(23,24)25)19(28)27-11-10-17(13-27)15(2)26-20(29)30-21(3,4)5/h6-9,14-15,17H,10-13H2,1-5H3,(H,26,29). The van der Waals surface area contributed by atoms with Crippen LogP contribution in [0.1, 0.15) is 52.2 Å². The Morgan fingerprint density at radius 1 is 1.17 bits per heavy atom. The number of likely N-dealkylation sites (tertiary alicyclic amines) is 1. The molecule has 0 radical (unpaired) electrons. The Morgan fingerprint density at radius 2 is 1.77 bits per heavy atom. The molecule has 1 heterocycles. The quantitative estimate of drug-likeness (QED) is 0.743. The summed E-state index contributed by atoms with van der Waals surface area (Å²) in [6.07, 6.45) is -3.69. The Labute approximate surface area is 176 Å². The fourth-order valence-electron chi connectivity index (χ4n) is 3.59. The summed E-state index contributed by atoms with van der Waals surface area (Å²) < 4.78 is 43.3. The first-order chi connectivity index (χ1) is 13.8. The predicted molar refractivity (Wildman–Crippen MR) is 108 cm³/mol. The second kappa shape index (κ2) is 9.27. The molecule has 2 amide bonds. The first-order valence-electron chi connectivity index (χ1n) is 10.2. The number of alkyl halides is 3. The number of rotatable bonds is 5. The molecule has 0 saturated carbocycles. The fraction of sp³-hybridized carbons (Fsp3) is 0.636. The van der Waals surface area contributed by atoms with Crippen LogP contribution in [-0.2, 0) is 22.1 Å². The Bertz CT molecular complexity index is 741. The minimum atomic E-state index is -4.37. The van der Waals surface area contributed by atoms with Crippen molar-refractivity contribution in [1.29, 1.82) is 0 Å². The van der Waals surface area contributed by atoms with Crippen molar-refractivity contribution in [3.05, 3.63) is 35.4 Å². The van der Waals surface area contributed by atoms with E-state index in [2.05, 4.69) is 5.32 Å². The van der Waals surface area contributed by atoms with Crippen molar-refractivity contribution < 1.29 is 27.5 Å². The summed E-state index contributed by atoms with van der Waals surface area (Å²) in [6.45, 7) is 10.2. The number of hydrogen-bond donors (Lipinski definition) is 1. The number of halogens is 3. The van der Waals surface area contributed by atoms with Gasteiger partial charge >= 0.3 is 12.3 Å². The lowest BCUT2D eigenvalue weighted by molar-refractivity contribution is -0.137. The molecule has 0 aliphatic carbocycles. The van der Waals surface area contributed by atoms with Crippen molar-refractivity contribution >= 4 is 12.0 Å². The second-order valence-corrected chi connectivity index (χ2v) is 9.07. The van der Waals surface area contributed by atoms with Gasteiger partial charge in [-0.05, 0) is 64.2 Å². The topological polar surface area (TPSA) is 58.6 Å². The number of nitrogens with one attached hydrogen (secondary N) is 1. The van der Waals surface area contributed by atoms with Crippen LogP contribution >= 0.6 is 0 Å². The average molecular weight is 428 g/mol. The highest BCUT2D eigenvalue weighted by Gasteiger charge is 2.33. The van der Waals surface area contributed by atoms with Crippen molar-refractivity contribution in [2.45, 2.75) is 65.3 Å². The molecule has 8 heteroatoms. The fourth-order valence-corrected chi connectivity index (χ4v) is 3.59. The maximum absolute atomic E-state index is 12.8. The van der Waals surface area contributed by atoms with Gasteiger partial charge in [-0.2, -0.15) is 13.2 Å². The third-order valence-electron chi connectivity index (χ3n) is 5.23. The van der Waals surface area contributed by atoms with Crippen molar-refractivity contribution in [3.63, 3.8) is 0 Å². The number of amides is 2. The average Bonchev–Trinajstić information content (AvgIpc) is 3.09. The van der Waals surface area contributed by atoms with Gasteiger partial charge in [-0.1, -0.05) is 19.1 Å². The number of carbonyl (C=O) groups is 2. The Hall–Kier alpha value is -2.25. The monoisotopic (exact) mass is 428 g/mol. The van der Waals surface area contributed by atoms with Crippen LogP contribution in [0.25, 0.3) is 0 Å². The summed E-state index contributed by atoms with van der Waals surface area (Å²) in [5.41, 5.74) is -0.575. The molecule has 0 bridgehead atoms. The van der Waals surface area contributed by atoms with E-state index in [-0.39, 0.29) is 23.8 Å². The molecule has 1 saturated heterocycles. The molecule has 168 valence electrons. The van der Waals surface area contributed by atoms with Gasteiger partial charge in [0.2, 0.25) is 5.91 Å². The van der Waals surface area contributed by atoms with Gasteiger partial charge in [0.15, 0.2) is 0 Å². The number of alkyl carbamates (subject to hydrolysis) is 1. The molecule has 1 aromatic carbocycles. The van der Waals surface area contributed by atoms with Crippen molar-refractivity contribution in [3.8, 4) is 0 Å². The smallest absolute Gasteiger partial charge is 0.416 e. The lowest BCUT2D eigenvalue weighted by Gasteiger charge is -2.25. The molecule has 1 aliphatic heterocycles. The van der Waals surface area contributed by atoms with Gasteiger partial charge in [0.1, 0.15) is 5.60 Å². The molecule has 1 aromatic rings. The first kappa shape index (κ1) is 24.0. The van der Waals surface area contributed by atoms with Gasteiger partial charge < -0.3 is 15.0 Å². The van der Waals surface area contributed by atoms with E-state index in [1.165, 1.54) is 12.1 Å². The number of nitrogens with zero attached hydrogens (tertiary/aromatic N) is 1. The highest BCUT2D eigenvalue weighted by atomic mass is 19.4. The molecule has 2 rings (SSSR count). The van der Waals surface area contributed by atoms with E-state index in [9.17, 15) is 22.8 Å². The highest BCUT2D eigenvalue weighted by molar-refractivity contribution is 5.79. The lowest BCUT2D eigenvalue weighted by Crippen LogP contribution is -2.42. The van der Waals surface area contributed by atoms with Crippen molar-refractivity contribution in [2.75, 3.05) is 13.1 Å². The van der Waals surface area contributed by atoms with Gasteiger partial charge in [-0.15, -0.1) is 0 Å². The molecule has 3 unspecified atom stereocenters. The number of hydrogen-bond acceptors (Lipinski definition) is 3. The van der Waals surface area contributed by atoms with Crippen LogP contribution in [0.2, 0.25) is 0 Å². The van der Waals surface area contributed by atoms with E-state index in [0.717, 1.165) is 18.6 Å². The molecule has 1 N–H and O–H groups in total. The van der Waals surface area contributed by atoms with Gasteiger partial charge in [-0.25, -0.2) is 4.79 Å². The molecular weight excluding hydrogens is 397 g/mol. The molecule has 3 atom stereocenters. The number of carbonyl (C=O) groups excluding carboxylic acids is 2. The minimum Gasteiger partial charge on any atom is -0.444 e. The molecule has 0 spiro atoms. The molecule has 5 nitrogen and oxygen atoms in total. The SMILES string of the molecule is CC(Cc1ccc(C(F)(F)F)cc1)C(=O)N1CCC(C(C)NC(=O)OC(C)(C)C)C1. The van der Waals surface area contributed by atoms with Gasteiger partial charge in [0, 0.05) is 25.0 Å². The van der Waals surface area contributed by atoms with Crippen LogP contribution in [0, 0.1) is 11.8 Å². The summed E-state index contributed by atoms with van der Waals surface area (Å²) in [4.78, 5) is 26.5. The van der Waals surface area contributed by atoms with Crippen LogP contribution in [0.4, 0.5) is 18.0 Å². The molecule has 30 heavy (non-hydrogen) atoms. The maximum Gasteiger partial charge on any atom is 0.416 e. The first-order valence-corrected chi connectivity index (χ1v) is 10.2.